The molecule has 4 heterocycles. The van der Waals surface area contributed by atoms with Crippen LogP contribution in [0.4, 0.5) is 17.6 Å². The zero-order valence-electron chi connectivity index (χ0n) is 19.7. The topological polar surface area (TPSA) is 93.0 Å². The Hall–Kier alpha value is -2.78. The summed E-state index contributed by atoms with van der Waals surface area (Å²) in [6.45, 7) is 14.2. The molecule has 4 rings (SSSR count). The van der Waals surface area contributed by atoms with Crippen LogP contribution in [0.5, 0.6) is 0 Å². The summed E-state index contributed by atoms with van der Waals surface area (Å²) in [5, 5.41) is 11.9. The van der Waals surface area contributed by atoms with Gasteiger partial charge in [0.25, 0.3) is 0 Å². The second-order valence-corrected chi connectivity index (χ2v) is 8.51. The minimum absolute atomic E-state index is 0.368. The predicted molar refractivity (Wildman–Crippen MR) is 128 cm³/mol. The van der Waals surface area contributed by atoms with E-state index < -0.39 is 0 Å². The number of pyridine rings is 1. The minimum Gasteiger partial charge on any atom is -0.380 e. The normalized spacial score (nSPS) is 19.0. The highest BCUT2D eigenvalue weighted by atomic mass is 16.5. The predicted octanol–water partition coefficient (Wildman–Crippen LogP) is 3.06. The largest absolute Gasteiger partial charge is 0.380 e. The third kappa shape index (κ3) is 4.83. The van der Waals surface area contributed by atoms with Crippen LogP contribution in [0.15, 0.2) is 18.3 Å². The highest BCUT2D eigenvalue weighted by molar-refractivity contribution is 5.90. The van der Waals surface area contributed by atoms with Gasteiger partial charge < -0.3 is 20.3 Å². The Morgan fingerprint density at radius 2 is 1.94 bits per heavy atom. The lowest BCUT2D eigenvalue weighted by molar-refractivity contribution is 0.137. The van der Waals surface area contributed by atoms with Crippen LogP contribution in [0.2, 0.25) is 0 Å². The van der Waals surface area contributed by atoms with Crippen molar-refractivity contribution in [1.82, 2.24) is 30.0 Å². The Kier molecular flexibility index (Phi) is 6.86. The number of rotatable bonds is 8. The summed E-state index contributed by atoms with van der Waals surface area (Å²) in [7, 11) is 0. The number of hydrogen-bond donors (Lipinski definition) is 2. The summed E-state index contributed by atoms with van der Waals surface area (Å²) in [6.07, 6.45) is 2.65. The van der Waals surface area contributed by atoms with E-state index in [1.807, 2.05) is 36.9 Å². The monoisotopic (exact) mass is 438 g/mol. The molecular weight excluding hydrogens is 404 g/mol. The lowest BCUT2D eigenvalue weighted by Gasteiger charge is -2.36. The van der Waals surface area contributed by atoms with E-state index in [1.54, 1.807) is 0 Å². The smallest absolute Gasteiger partial charge is 0.228 e. The maximum atomic E-state index is 5.59. The zero-order chi connectivity index (χ0) is 22.7. The molecule has 0 amide bonds. The van der Waals surface area contributed by atoms with Crippen molar-refractivity contribution in [2.75, 3.05) is 36.5 Å². The molecule has 1 saturated heterocycles. The van der Waals surface area contributed by atoms with Gasteiger partial charge >= 0.3 is 0 Å². The molecule has 0 aromatic carbocycles. The van der Waals surface area contributed by atoms with Gasteiger partial charge in [0.2, 0.25) is 5.95 Å². The Labute approximate surface area is 189 Å². The number of piperazine rings is 1. The Bertz CT molecular complexity index is 1040. The highest BCUT2D eigenvalue weighted by Crippen LogP contribution is 2.29. The van der Waals surface area contributed by atoms with Gasteiger partial charge in [0, 0.05) is 38.0 Å². The van der Waals surface area contributed by atoms with E-state index in [-0.39, 0.29) is 0 Å². The minimum atomic E-state index is 0.368. The number of ether oxygens (including phenoxy) is 1. The van der Waals surface area contributed by atoms with E-state index >= 15 is 0 Å². The van der Waals surface area contributed by atoms with E-state index in [2.05, 4.69) is 41.3 Å². The van der Waals surface area contributed by atoms with Crippen molar-refractivity contribution in [3.8, 4) is 0 Å². The molecule has 0 radical (unpaired) electrons. The number of aromatic nitrogens is 5. The van der Waals surface area contributed by atoms with Crippen LogP contribution in [-0.2, 0) is 17.7 Å². The van der Waals surface area contributed by atoms with Gasteiger partial charge in [0.1, 0.15) is 16.9 Å². The fourth-order valence-electron chi connectivity index (χ4n) is 4.21. The summed E-state index contributed by atoms with van der Waals surface area (Å²) in [4.78, 5) is 16.8. The van der Waals surface area contributed by atoms with E-state index in [4.69, 9.17) is 19.8 Å². The van der Waals surface area contributed by atoms with E-state index in [0.29, 0.717) is 31.8 Å². The molecule has 2 N–H and O–H groups in total. The molecule has 32 heavy (non-hydrogen) atoms. The van der Waals surface area contributed by atoms with Crippen molar-refractivity contribution in [2.24, 2.45) is 0 Å². The van der Waals surface area contributed by atoms with Crippen LogP contribution < -0.4 is 15.5 Å². The average molecular weight is 439 g/mol. The van der Waals surface area contributed by atoms with Gasteiger partial charge in [-0.1, -0.05) is 13.0 Å². The van der Waals surface area contributed by atoms with Crippen molar-refractivity contribution in [1.29, 1.82) is 0 Å². The van der Waals surface area contributed by atoms with Crippen LogP contribution in [-0.4, -0.2) is 63.1 Å². The van der Waals surface area contributed by atoms with Gasteiger partial charge in [0.05, 0.1) is 18.8 Å². The zero-order valence-corrected chi connectivity index (χ0v) is 19.7. The second-order valence-electron chi connectivity index (χ2n) is 8.51. The van der Waals surface area contributed by atoms with Crippen molar-refractivity contribution in [2.45, 2.75) is 59.7 Å². The number of fused-ring (bicyclic) bond motifs is 1. The third-order valence-electron chi connectivity index (χ3n) is 5.63. The van der Waals surface area contributed by atoms with Crippen LogP contribution in [0, 0.1) is 6.92 Å². The number of anilines is 3. The lowest BCUT2D eigenvalue weighted by atomic mass is 10.1. The summed E-state index contributed by atoms with van der Waals surface area (Å²) in [5.74, 6) is 2.20. The fourth-order valence-corrected chi connectivity index (χ4v) is 4.21. The van der Waals surface area contributed by atoms with Gasteiger partial charge in [-0.15, -0.1) is 0 Å². The summed E-state index contributed by atoms with van der Waals surface area (Å²) >= 11 is 0. The van der Waals surface area contributed by atoms with Gasteiger partial charge in [-0.2, -0.15) is 10.1 Å². The molecule has 2 atom stereocenters. The molecule has 172 valence electrons. The maximum absolute atomic E-state index is 5.59. The second kappa shape index (κ2) is 9.79. The summed E-state index contributed by atoms with van der Waals surface area (Å²) < 4.78 is 7.56. The van der Waals surface area contributed by atoms with Crippen molar-refractivity contribution < 1.29 is 4.74 Å². The lowest BCUT2D eigenvalue weighted by Crippen LogP contribution is -2.54. The first-order chi connectivity index (χ1) is 15.5. The van der Waals surface area contributed by atoms with Crippen LogP contribution in [0.1, 0.15) is 39.0 Å². The highest BCUT2D eigenvalue weighted by Gasteiger charge is 2.26. The first-order valence-electron chi connectivity index (χ1n) is 11.5. The molecule has 0 spiro atoms. The Morgan fingerprint density at radius 1 is 1.16 bits per heavy atom. The summed E-state index contributed by atoms with van der Waals surface area (Å²) in [5.41, 5.74) is 3.87. The van der Waals surface area contributed by atoms with Gasteiger partial charge in [-0.05, 0) is 45.7 Å². The van der Waals surface area contributed by atoms with Gasteiger partial charge in [0.15, 0.2) is 5.82 Å². The van der Waals surface area contributed by atoms with Gasteiger partial charge in [-0.25, -0.2) is 9.97 Å². The molecule has 3 aromatic heterocycles. The van der Waals surface area contributed by atoms with Crippen LogP contribution in [0.3, 0.4) is 0 Å². The molecule has 1 fully saturated rings. The SMILES string of the molecule is CCOCCn1nc(CC)c2nc(N3C[C@@H](C)N[C@@H](C)C3)nc(Nc3ccc(C)cn3)c21. The van der Waals surface area contributed by atoms with Crippen molar-refractivity contribution in [3.05, 3.63) is 29.6 Å². The number of aryl methyl sites for hydroxylation is 2. The van der Waals surface area contributed by atoms with Crippen LogP contribution in [0.25, 0.3) is 11.0 Å². The molecule has 0 aliphatic carbocycles. The van der Waals surface area contributed by atoms with Crippen molar-refractivity contribution in [3.63, 3.8) is 0 Å². The molecule has 0 bridgehead atoms. The van der Waals surface area contributed by atoms with E-state index in [9.17, 15) is 0 Å². The quantitative estimate of drug-likeness (QED) is 0.519. The molecular formula is C23H34N8O. The molecule has 0 saturated carbocycles. The molecule has 0 unspecified atom stereocenters. The summed E-state index contributed by atoms with van der Waals surface area (Å²) in [6, 6.07) is 4.75. The molecule has 3 aromatic rings. The molecule has 9 heteroatoms. The first kappa shape index (κ1) is 22.4. The Balaban J connectivity index is 1.81. The average Bonchev–Trinajstić information content (AvgIpc) is 3.13. The van der Waals surface area contributed by atoms with Crippen LogP contribution >= 0.6 is 0 Å². The Morgan fingerprint density at radius 3 is 2.59 bits per heavy atom. The number of nitrogens with zero attached hydrogens (tertiary/aromatic N) is 6. The maximum Gasteiger partial charge on any atom is 0.228 e. The van der Waals surface area contributed by atoms with E-state index in [0.717, 1.165) is 59.4 Å². The fraction of sp³-hybridized carbons (Fsp3) is 0.565. The molecule has 1 aliphatic heterocycles. The standard InChI is InChI=1S/C23H34N8O/c1-6-18-20-21(31(29-18)10-11-32-7-2)22(26-19-9-8-15(3)12-24-19)28-23(27-20)30-13-16(4)25-17(5)14-30/h8-9,12,16-17,25H,6-7,10-11,13-14H2,1-5H3,(H,24,26,27,28)/t16-,17+. The molecule has 1 aliphatic rings. The first-order valence-corrected chi connectivity index (χ1v) is 11.5. The molecule has 9 nitrogen and oxygen atoms in total. The van der Waals surface area contributed by atoms with Gasteiger partial charge in [-0.3, -0.25) is 4.68 Å². The third-order valence-corrected chi connectivity index (χ3v) is 5.63. The number of hydrogen-bond acceptors (Lipinski definition) is 8. The van der Waals surface area contributed by atoms with E-state index in [1.165, 1.54) is 0 Å². The van der Waals surface area contributed by atoms with Crippen molar-refractivity contribution >= 4 is 28.6 Å². The number of nitrogens with one attached hydrogen (secondary N) is 2.